The van der Waals surface area contributed by atoms with Gasteiger partial charge in [0.25, 0.3) is 11.5 Å². The number of amides is 1. The number of aryl methyl sites for hydroxylation is 2. The Hall–Kier alpha value is -3.19. The number of pyridine rings is 1. The monoisotopic (exact) mass is 436 g/mol. The van der Waals surface area contributed by atoms with Gasteiger partial charge in [0.2, 0.25) is 0 Å². The van der Waals surface area contributed by atoms with Crippen LogP contribution in [0.25, 0.3) is 21.9 Å². The standard InChI is InChI=1S/C21H17BrN4O2/c1-12-18(13-7-9-15(22)10-8-13)19(26(2)25-12)24-21(28)17-11-14-5-3-4-6-16(14)20(27)23-17/h3-11H,1-2H3,(H,23,27)(H,24,28). The summed E-state index contributed by atoms with van der Waals surface area (Å²) in [6.07, 6.45) is 0. The van der Waals surface area contributed by atoms with Crippen LogP contribution in [0.3, 0.4) is 0 Å². The van der Waals surface area contributed by atoms with Crippen LogP contribution in [0.5, 0.6) is 0 Å². The summed E-state index contributed by atoms with van der Waals surface area (Å²) in [5, 5.41) is 8.60. The number of fused-ring (bicyclic) bond motifs is 1. The van der Waals surface area contributed by atoms with Gasteiger partial charge in [-0.15, -0.1) is 0 Å². The number of rotatable bonds is 3. The molecular weight excluding hydrogens is 420 g/mol. The minimum absolute atomic E-state index is 0.198. The molecular formula is C21H17BrN4O2. The first kappa shape index (κ1) is 18.2. The number of aromatic amines is 1. The Labute approximate surface area is 169 Å². The molecule has 0 spiro atoms. The molecule has 7 heteroatoms. The average Bonchev–Trinajstić information content (AvgIpc) is 2.95. The maximum atomic E-state index is 12.9. The Morgan fingerprint density at radius 1 is 1.14 bits per heavy atom. The van der Waals surface area contributed by atoms with Crippen molar-refractivity contribution in [2.24, 2.45) is 7.05 Å². The van der Waals surface area contributed by atoms with E-state index < -0.39 is 5.91 Å². The Morgan fingerprint density at radius 2 is 1.86 bits per heavy atom. The highest BCUT2D eigenvalue weighted by Gasteiger charge is 2.19. The second kappa shape index (κ2) is 7.09. The van der Waals surface area contributed by atoms with Gasteiger partial charge in [-0.1, -0.05) is 46.3 Å². The summed E-state index contributed by atoms with van der Waals surface area (Å²) >= 11 is 3.43. The van der Waals surface area contributed by atoms with Crippen molar-refractivity contribution in [1.29, 1.82) is 0 Å². The van der Waals surface area contributed by atoms with E-state index in [1.54, 1.807) is 29.9 Å². The molecule has 2 aromatic heterocycles. The average molecular weight is 437 g/mol. The van der Waals surface area contributed by atoms with Crippen LogP contribution >= 0.6 is 15.9 Å². The molecule has 0 saturated carbocycles. The molecule has 0 aliphatic carbocycles. The van der Waals surface area contributed by atoms with Crippen molar-refractivity contribution in [2.75, 3.05) is 5.32 Å². The summed E-state index contributed by atoms with van der Waals surface area (Å²) in [4.78, 5) is 27.8. The van der Waals surface area contributed by atoms with Crippen LogP contribution in [-0.4, -0.2) is 20.7 Å². The van der Waals surface area contributed by atoms with Gasteiger partial charge >= 0.3 is 0 Å². The summed E-state index contributed by atoms with van der Waals surface area (Å²) in [6.45, 7) is 1.89. The molecule has 0 radical (unpaired) electrons. The maximum absolute atomic E-state index is 12.9. The van der Waals surface area contributed by atoms with E-state index in [9.17, 15) is 9.59 Å². The van der Waals surface area contributed by atoms with Gasteiger partial charge in [-0.05, 0) is 42.1 Å². The second-order valence-electron chi connectivity index (χ2n) is 6.49. The highest BCUT2D eigenvalue weighted by molar-refractivity contribution is 9.10. The number of aromatic nitrogens is 3. The topological polar surface area (TPSA) is 79.8 Å². The van der Waals surface area contributed by atoms with Gasteiger partial charge in [-0.3, -0.25) is 14.3 Å². The Morgan fingerprint density at radius 3 is 2.61 bits per heavy atom. The number of halogens is 1. The molecule has 28 heavy (non-hydrogen) atoms. The molecule has 4 aromatic rings. The first-order chi connectivity index (χ1) is 13.4. The van der Waals surface area contributed by atoms with E-state index in [1.165, 1.54) is 0 Å². The fourth-order valence-electron chi connectivity index (χ4n) is 3.27. The van der Waals surface area contributed by atoms with Crippen LogP contribution in [0, 0.1) is 6.92 Å². The fraction of sp³-hybridized carbons (Fsp3) is 0.0952. The summed E-state index contributed by atoms with van der Waals surface area (Å²) in [7, 11) is 1.77. The predicted molar refractivity (Wildman–Crippen MR) is 114 cm³/mol. The summed E-state index contributed by atoms with van der Waals surface area (Å²) in [5.74, 6) is 0.169. The lowest BCUT2D eigenvalue weighted by Gasteiger charge is -2.10. The van der Waals surface area contributed by atoms with Gasteiger partial charge in [0.15, 0.2) is 0 Å². The van der Waals surface area contributed by atoms with Gasteiger partial charge in [-0.25, -0.2) is 0 Å². The maximum Gasteiger partial charge on any atom is 0.273 e. The summed E-state index contributed by atoms with van der Waals surface area (Å²) in [5.41, 5.74) is 2.48. The smallest absolute Gasteiger partial charge is 0.273 e. The number of carbonyl (C=O) groups excluding carboxylic acids is 1. The first-order valence-corrected chi connectivity index (χ1v) is 9.46. The third kappa shape index (κ3) is 3.25. The molecule has 2 heterocycles. The van der Waals surface area contributed by atoms with Crippen molar-refractivity contribution in [3.05, 3.63) is 80.8 Å². The first-order valence-electron chi connectivity index (χ1n) is 8.67. The van der Waals surface area contributed by atoms with Crippen molar-refractivity contribution < 1.29 is 4.79 Å². The molecule has 0 aliphatic heterocycles. The zero-order valence-electron chi connectivity index (χ0n) is 15.3. The zero-order valence-corrected chi connectivity index (χ0v) is 16.9. The molecule has 0 saturated heterocycles. The molecule has 2 N–H and O–H groups in total. The SMILES string of the molecule is Cc1nn(C)c(NC(=O)c2cc3ccccc3c(=O)[nH]2)c1-c1ccc(Br)cc1. The van der Waals surface area contributed by atoms with Gasteiger partial charge < -0.3 is 10.3 Å². The van der Waals surface area contributed by atoms with E-state index in [0.29, 0.717) is 16.6 Å². The molecule has 140 valence electrons. The quantitative estimate of drug-likeness (QED) is 0.503. The largest absolute Gasteiger partial charge is 0.317 e. The van der Waals surface area contributed by atoms with E-state index >= 15 is 0 Å². The van der Waals surface area contributed by atoms with Crippen LogP contribution < -0.4 is 10.9 Å². The number of hydrogen-bond acceptors (Lipinski definition) is 3. The summed E-state index contributed by atoms with van der Waals surface area (Å²) < 4.78 is 2.60. The number of nitrogens with one attached hydrogen (secondary N) is 2. The van der Waals surface area contributed by atoms with Crippen molar-refractivity contribution in [2.45, 2.75) is 6.92 Å². The van der Waals surface area contributed by atoms with Crippen LogP contribution in [0.2, 0.25) is 0 Å². The number of H-pyrrole nitrogens is 1. The van der Waals surface area contributed by atoms with Crippen molar-refractivity contribution in [1.82, 2.24) is 14.8 Å². The van der Waals surface area contributed by atoms with E-state index in [2.05, 4.69) is 31.3 Å². The predicted octanol–water partition coefficient (Wildman–Crippen LogP) is 4.25. The molecule has 0 aliphatic rings. The van der Waals surface area contributed by atoms with E-state index in [1.807, 2.05) is 43.3 Å². The molecule has 0 bridgehead atoms. The molecule has 1 amide bonds. The number of hydrogen-bond donors (Lipinski definition) is 2. The minimum atomic E-state index is -0.399. The second-order valence-corrected chi connectivity index (χ2v) is 7.41. The zero-order chi connectivity index (χ0) is 19.8. The van der Waals surface area contributed by atoms with Gasteiger partial charge in [0.1, 0.15) is 11.5 Å². The van der Waals surface area contributed by atoms with Gasteiger partial charge in [-0.2, -0.15) is 5.10 Å². The molecule has 6 nitrogen and oxygen atoms in total. The van der Waals surface area contributed by atoms with Crippen LogP contribution in [0.4, 0.5) is 5.82 Å². The Kier molecular flexibility index (Phi) is 4.60. The highest BCUT2D eigenvalue weighted by Crippen LogP contribution is 2.32. The van der Waals surface area contributed by atoms with Crippen molar-refractivity contribution in [3.63, 3.8) is 0 Å². The summed E-state index contributed by atoms with van der Waals surface area (Å²) in [6, 6.07) is 16.6. The van der Waals surface area contributed by atoms with Crippen molar-refractivity contribution in [3.8, 4) is 11.1 Å². The fourth-order valence-corrected chi connectivity index (χ4v) is 3.54. The Bertz CT molecular complexity index is 1260. The van der Waals surface area contributed by atoms with E-state index in [4.69, 9.17) is 0 Å². The van der Waals surface area contributed by atoms with Crippen LogP contribution in [0.1, 0.15) is 16.2 Å². The van der Waals surface area contributed by atoms with E-state index in [-0.39, 0.29) is 11.3 Å². The highest BCUT2D eigenvalue weighted by atomic mass is 79.9. The molecule has 0 unspecified atom stereocenters. The number of anilines is 1. The lowest BCUT2D eigenvalue weighted by molar-refractivity contribution is 0.102. The third-order valence-corrected chi connectivity index (χ3v) is 5.11. The number of benzene rings is 2. The lowest BCUT2D eigenvalue weighted by Crippen LogP contribution is -2.20. The number of nitrogens with zero attached hydrogens (tertiary/aromatic N) is 2. The van der Waals surface area contributed by atoms with Gasteiger partial charge in [0.05, 0.1) is 5.69 Å². The molecule has 4 rings (SSSR count). The van der Waals surface area contributed by atoms with Crippen LogP contribution in [-0.2, 0) is 7.05 Å². The van der Waals surface area contributed by atoms with Crippen molar-refractivity contribution >= 4 is 38.4 Å². The molecule has 0 fully saturated rings. The Balaban J connectivity index is 1.75. The minimum Gasteiger partial charge on any atom is -0.317 e. The lowest BCUT2D eigenvalue weighted by atomic mass is 10.1. The molecule has 2 aromatic carbocycles. The normalized spacial score (nSPS) is 11.0. The van der Waals surface area contributed by atoms with Gasteiger partial charge in [0, 0.05) is 22.5 Å². The third-order valence-electron chi connectivity index (χ3n) is 4.59. The number of carbonyl (C=O) groups is 1. The van der Waals surface area contributed by atoms with Crippen LogP contribution in [0.15, 0.2) is 63.9 Å². The molecule has 0 atom stereocenters. The van der Waals surface area contributed by atoms with E-state index in [0.717, 1.165) is 21.3 Å².